The zero-order valence-corrected chi connectivity index (χ0v) is 17.9. The molecule has 1 atom stereocenters. The van der Waals surface area contributed by atoms with Crippen molar-refractivity contribution in [2.75, 3.05) is 6.61 Å². The Morgan fingerprint density at radius 1 is 1.19 bits per heavy atom. The van der Waals surface area contributed by atoms with Gasteiger partial charge in [0.25, 0.3) is 5.91 Å². The van der Waals surface area contributed by atoms with Crippen LogP contribution >= 0.6 is 0 Å². The number of rotatable bonds is 7. The van der Waals surface area contributed by atoms with Crippen molar-refractivity contribution in [2.24, 2.45) is 16.1 Å². The molecule has 0 aliphatic carbocycles. The molecule has 0 unspecified atom stereocenters. The van der Waals surface area contributed by atoms with Crippen molar-refractivity contribution in [3.8, 4) is 11.5 Å². The molecule has 2 aromatic rings. The fourth-order valence-corrected chi connectivity index (χ4v) is 2.82. The van der Waals surface area contributed by atoms with Gasteiger partial charge in [0, 0.05) is 0 Å². The second-order valence-electron chi connectivity index (χ2n) is 7.32. The predicted molar refractivity (Wildman–Crippen MR) is 117 cm³/mol. The second kappa shape index (κ2) is 9.88. The van der Waals surface area contributed by atoms with Gasteiger partial charge in [-0.3, -0.25) is 10.1 Å². The average molecular weight is 423 g/mol. The lowest BCUT2D eigenvalue weighted by Crippen LogP contribution is -2.28. The monoisotopic (exact) mass is 423 g/mol. The Bertz CT molecular complexity index is 1010. The van der Waals surface area contributed by atoms with Crippen LogP contribution in [0, 0.1) is 12.8 Å². The lowest BCUT2D eigenvalue weighted by molar-refractivity contribution is -0.124. The summed E-state index contributed by atoms with van der Waals surface area (Å²) in [5.41, 5.74) is 2.18. The van der Waals surface area contributed by atoms with Crippen molar-refractivity contribution < 1.29 is 23.8 Å². The van der Waals surface area contributed by atoms with Crippen molar-refractivity contribution in [1.29, 1.82) is 0 Å². The quantitative estimate of drug-likeness (QED) is 0.318. The highest BCUT2D eigenvalue weighted by Gasteiger charge is 2.33. The number of ether oxygens (including phenoxy) is 3. The molecule has 1 saturated heterocycles. The number of hydrogen-bond donors (Lipinski definition) is 1. The number of nitrogens with zero attached hydrogens (tertiary/aromatic N) is 2. The lowest BCUT2D eigenvalue weighted by Gasteiger charge is -2.11. The van der Waals surface area contributed by atoms with E-state index >= 15 is 0 Å². The van der Waals surface area contributed by atoms with Gasteiger partial charge in [0.1, 0.15) is 0 Å². The van der Waals surface area contributed by atoms with E-state index in [-0.39, 0.29) is 17.8 Å². The summed E-state index contributed by atoms with van der Waals surface area (Å²) in [6.45, 7) is 7.96. The van der Waals surface area contributed by atoms with E-state index < -0.39 is 12.1 Å². The number of carbonyl (C=O) groups excluding carboxylic acids is 2. The SMILES string of the molecule is CCOc1cc(/C=N\N=C2NC(=O)[C@H](C(C)C)O2)ccc1OC(=O)c1ccc(C)cc1. The Labute approximate surface area is 180 Å². The van der Waals surface area contributed by atoms with E-state index in [9.17, 15) is 9.59 Å². The molecule has 1 heterocycles. The van der Waals surface area contributed by atoms with Gasteiger partial charge in [-0.25, -0.2) is 4.79 Å². The highest BCUT2D eigenvalue weighted by Crippen LogP contribution is 2.29. The number of amides is 1. The minimum atomic E-state index is -0.569. The van der Waals surface area contributed by atoms with Crippen molar-refractivity contribution in [2.45, 2.75) is 33.8 Å². The normalized spacial score (nSPS) is 17.1. The average Bonchev–Trinajstić information content (AvgIpc) is 3.11. The fraction of sp³-hybridized carbons (Fsp3) is 0.304. The smallest absolute Gasteiger partial charge is 0.343 e. The van der Waals surface area contributed by atoms with Gasteiger partial charge in [0.2, 0.25) is 0 Å². The molecule has 3 rings (SSSR count). The molecule has 1 amide bonds. The van der Waals surface area contributed by atoms with E-state index in [4.69, 9.17) is 14.2 Å². The first-order valence-corrected chi connectivity index (χ1v) is 10.0. The molecule has 0 aromatic heterocycles. The zero-order valence-electron chi connectivity index (χ0n) is 17.9. The van der Waals surface area contributed by atoms with E-state index in [1.165, 1.54) is 6.21 Å². The van der Waals surface area contributed by atoms with E-state index in [1.807, 2.05) is 39.8 Å². The van der Waals surface area contributed by atoms with Crippen LogP contribution in [0.5, 0.6) is 11.5 Å². The number of benzene rings is 2. The summed E-state index contributed by atoms with van der Waals surface area (Å²) < 4.78 is 16.6. The number of carbonyl (C=O) groups is 2. The largest absolute Gasteiger partial charge is 0.490 e. The molecule has 2 aromatic carbocycles. The van der Waals surface area contributed by atoms with Crippen LogP contribution < -0.4 is 14.8 Å². The molecule has 0 bridgehead atoms. The Morgan fingerprint density at radius 2 is 1.94 bits per heavy atom. The highest BCUT2D eigenvalue weighted by molar-refractivity contribution is 6.02. The maximum absolute atomic E-state index is 12.4. The maximum atomic E-state index is 12.4. The van der Waals surface area contributed by atoms with Crippen molar-refractivity contribution in [1.82, 2.24) is 5.32 Å². The van der Waals surface area contributed by atoms with Crippen LogP contribution in [0.15, 0.2) is 52.7 Å². The number of aryl methyl sites for hydroxylation is 1. The number of esters is 1. The third kappa shape index (κ3) is 5.69. The molecule has 0 saturated carbocycles. The molecule has 1 fully saturated rings. The molecule has 8 nitrogen and oxygen atoms in total. The number of amidine groups is 1. The summed E-state index contributed by atoms with van der Waals surface area (Å²) >= 11 is 0. The van der Waals surface area contributed by atoms with Crippen LogP contribution in [0.25, 0.3) is 0 Å². The van der Waals surface area contributed by atoms with Crippen molar-refractivity contribution in [3.63, 3.8) is 0 Å². The maximum Gasteiger partial charge on any atom is 0.343 e. The van der Waals surface area contributed by atoms with Gasteiger partial charge in [-0.1, -0.05) is 36.6 Å². The molecule has 1 aliphatic rings. The Morgan fingerprint density at radius 3 is 2.58 bits per heavy atom. The molecule has 1 aliphatic heterocycles. The Hall–Kier alpha value is -3.68. The molecule has 0 spiro atoms. The fourth-order valence-electron chi connectivity index (χ4n) is 2.82. The highest BCUT2D eigenvalue weighted by atomic mass is 16.6. The number of hydrogen-bond acceptors (Lipinski definition) is 7. The van der Waals surface area contributed by atoms with Gasteiger partial charge >= 0.3 is 12.0 Å². The first-order valence-electron chi connectivity index (χ1n) is 10.0. The van der Waals surface area contributed by atoms with Crippen molar-refractivity contribution in [3.05, 3.63) is 59.2 Å². The Kier molecular flexibility index (Phi) is 7.02. The van der Waals surface area contributed by atoms with E-state index in [0.29, 0.717) is 29.2 Å². The van der Waals surface area contributed by atoms with Gasteiger partial charge in [0.15, 0.2) is 17.6 Å². The van der Waals surface area contributed by atoms with Crippen LogP contribution in [0.4, 0.5) is 0 Å². The number of nitrogens with one attached hydrogen (secondary N) is 1. The van der Waals surface area contributed by atoms with Gasteiger partial charge in [-0.05, 0) is 55.7 Å². The summed E-state index contributed by atoms with van der Waals surface area (Å²) in [6, 6.07) is 12.2. The summed E-state index contributed by atoms with van der Waals surface area (Å²) in [5, 5.41) is 10.4. The van der Waals surface area contributed by atoms with Crippen LogP contribution in [0.3, 0.4) is 0 Å². The predicted octanol–water partition coefficient (Wildman–Crippen LogP) is 3.47. The topological polar surface area (TPSA) is 98.6 Å². The third-order valence-corrected chi connectivity index (χ3v) is 4.45. The van der Waals surface area contributed by atoms with E-state index in [0.717, 1.165) is 5.56 Å². The molecular weight excluding hydrogens is 398 g/mol. The zero-order chi connectivity index (χ0) is 22.4. The van der Waals surface area contributed by atoms with Crippen LogP contribution in [0.1, 0.15) is 42.3 Å². The van der Waals surface area contributed by atoms with Crippen LogP contribution in [0.2, 0.25) is 0 Å². The first-order chi connectivity index (χ1) is 14.9. The standard InChI is InChI=1S/C23H25N3O5/c1-5-29-19-12-16(13-24-26-23-25-21(27)20(31-23)14(2)3)8-11-18(19)30-22(28)17-9-6-15(4)7-10-17/h6-14,20H,5H2,1-4H3,(H,25,26,27)/b24-13-/t20-/m0/s1. The van der Waals surface area contributed by atoms with Crippen molar-refractivity contribution >= 4 is 24.1 Å². The minimum absolute atomic E-state index is 0.0283. The summed E-state index contributed by atoms with van der Waals surface area (Å²) in [4.78, 5) is 24.2. The third-order valence-electron chi connectivity index (χ3n) is 4.45. The molecule has 8 heteroatoms. The summed E-state index contributed by atoms with van der Waals surface area (Å²) in [5.74, 6) is 0.0393. The van der Waals surface area contributed by atoms with Crippen LogP contribution in [-0.4, -0.2) is 36.8 Å². The molecule has 1 N–H and O–H groups in total. The minimum Gasteiger partial charge on any atom is -0.490 e. The Balaban J connectivity index is 1.72. The van der Waals surface area contributed by atoms with Gasteiger partial charge < -0.3 is 14.2 Å². The molecule has 162 valence electrons. The van der Waals surface area contributed by atoms with Gasteiger partial charge in [0.05, 0.1) is 18.4 Å². The summed E-state index contributed by atoms with van der Waals surface area (Å²) in [7, 11) is 0. The van der Waals surface area contributed by atoms with Gasteiger partial charge in [-0.15, -0.1) is 0 Å². The second-order valence-corrected chi connectivity index (χ2v) is 7.32. The first kappa shape index (κ1) is 22.0. The lowest BCUT2D eigenvalue weighted by atomic mass is 10.1. The van der Waals surface area contributed by atoms with E-state index in [2.05, 4.69) is 15.5 Å². The van der Waals surface area contributed by atoms with Crippen LogP contribution in [-0.2, 0) is 9.53 Å². The van der Waals surface area contributed by atoms with Gasteiger partial charge in [-0.2, -0.15) is 5.10 Å². The molecule has 0 radical (unpaired) electrons. The van der Waals surface area contributed by atoms with E-state index in [1.54, 1.807) is 30.3 Å². The molecular formula is C23H25N3O5. The summed E-state index contributed by atoms with van der Waals surface area (Å²) in [6.07, 6.45) is 0.917. The molecule has 31 heavy (non-hydrogen) atoms.